The van der Waals surface area contributed by atoms with Gasteiger partial charge in [-0.3, -0.25) is 9.59 Å². The Hall–Kier alpha value is -1.84. The molecule has 0 aliphatic heterocycles. The van der Waals surface area contributed by atoms with E-state index in [2.05, 4.69) is 17.2 Å². The van der Waals surface area contributed by atoms with Crippen LogP contribution in [-0.2, 0) is 9.59 Å². The summed E-state index contributed by atoms with van der Waals surface area (Å²) in [5.41, 5.74) is 0.433. The molecule has 0 aliphatic carbocycles. The van der Waals surface area contributed by atoms with Crippen molar-refractivity contribution in [2.45, 2.75) is 13.8 Å². The number of carbonyl (C=O) groups excluding carboxylic acids is 2. The summed E-state index contributed by atoms with van der Waals surface area (Å²) in [6.07, 6.45) is 6.54. The third kappa shape index (κ3) is 5.77. The largest absolute Gasteiger partial charge is 0.324 e. The molecule has 0 fully saturated rings. The molecule has 2 N–H and O–H groups in total. The second-order valence-electron chi connectivity index (χ2n) is 2.59. The van der Waals surface area contributed by atoms with Crippen molar-refractivity contribution in [2.24, 2.45) is 0 Å². The molecule has 0 aromatic rings. The maximum Gasteiger partial charge on any atom is 0.313 e. The highest BCUT2D eigenvalue weighted by atomic mass is 16.2. The molecule has 4 nitrogen and oxygen atoms in total. The van der Waals surface area contributed by atoms with Crippen LogP contribution in [-0.4, -0.2) is 11.8 Å². The van der Waals surface area contributed by atoms with E-state index in [0.717, 1.165) is 0 Å². The molecule has 0 unspecified atom stereocenters. The zero-order valence-electron chi connectivity index (χ0n) is 8.33. The Morgan fingerprint density at radius 1 is 1.21 bits per heavy atom. The van der Waals surface area contributed by atoms with Gasteiger partial charge in [-0.15, -0.1) is 0 Å². The highest BCUT2D eigenvalue weighted by Crippen LogP contribution is 1.79. The van der Waals surface area contributed by atoms with Crippen molar-refractivity contribution in [1.29, 1.82) is 0 Å². The molecule has 4 heteroatoms. The first kappa shape index (κ1) is 12.2. The van der Waals surface area contributed by atoms with Crippen molar-refractivity contribution < 1.29 is 9.59 Å². The number of carbonyl (C=O) groups is 2. The molecule has 0 rings (SSSR count). The molecule has 0 radical (unpaired) electrons. The normalized spacial score (nSPS) is 10.4. The molecule has 0 spiro atoms. The van der Waals surface area contributed by atoms with E-state index in [1.54, 1.807) is 25.2 Å². The highest BCUT2D eigenvalue weighted by Gasteiger charge is 2.10. The fourth-order valence-electron chi connectivity index (χ4n) is 0.607. The quantitative estimate of drug-likeness (QED) is 0.516. The van der Waals surface area contributed by atoms with Crippen molar-refractivity contribution >= 4 is 11.8 Å². The maximum absolute atomic E-state index is 11.0. The van der Waals surface area contributed by atoms with Crippen LogP contribution in [0.4, 0.5) is 0 Å². The summed E-state index contributed by atoms with van der Waals surface area (Å²) in [4.78, 5) is 22.0. The van der Waals surface area contributed by atoms with Gasteiger partial charge in [0.2, 0.25) is 0 Å². The highest BCUT2D eigenvalue weighted by molar-refractivity contribution is 6.35. The van der Waals surface area contributed by atoms with Crippen LogP contribution in [0.25, 0.3) is 0 Å². The van der Waals surface area contributed by atoms with Gasteiger partial charge in [-0.25, -0.2) is 0 Å². The van der Waals surface area contributed by atoms with Gasteiger partial charge in [-0.05, 0) is 19.9 Å². The van der Waals surface area contributed by atoms with Gasteiger partial charge in [-0.2, -0.15) is 0 Å². The van der Waals surface area contributed by atoms with Gasteiger partial charge in [0.15, 0.2) is 0 Å². The van der Waals surface area contributed by atoms with Gasteiger partial charge in [0.05, 0.1) is 0 Å². The molecule has 0 aliphatic rings. The van der Waals surface area contributed by atoms with Crippen molar-refractivity contribution in [3.8, 4) is 0 Å². The average Bonchev–Trinajstić information content (AvgIpc) is 2.11. The zero-order chi connectivity index (χ0) is 11.0. The standard InChI is InChI=1S/C10H14N2O2/c1-4-5-6-7-11-9(13)10(14)12-8(2)3/h4-7H,2H2,1,3H3,(H,11,13)(H,12,14)/b5-4-,7-6+. The zero-order valence-corrected chi connectivity index (χ0v) is 8.33. The number of hydrogen-bond donors (Lipinski definition) is 2. The van der Waals surface area contributed by atoms with Crippen LogP contribution in [0, 0.1) is 0 Å². The van der Waals surface area contributed by atoms with Gasteiger partial charge in [0.1, 0.15) is 0 Å². The summed E-state index contributed by atoms with van der Waals surface area (Å²) in [6.45, 7) is 6.89. The van der Waals surface area contributed by atoms with E-state index in [0.29, 0.717) is 5.70 Å². The SMILES string of the molecule is C=C(C)NC(=O)C(=O)N/C=C/C=C\C. The fraction of sp³-hybridized carbons (Fsp3) is 0.200. The Balaban J connectivity index is 3.96. The van der Waals surface area contributed by atoms with E-state index in [-0.39, 0.29) is 0 Å². The minimum absolute atomic E-state index is 0.433. The molecule has 0 bridgehead atoms. The summed E-state index contributed by atoms with van der Waals surface area (Å²) in [5, 5.41) is 4.58. The molecule has 0 saturated carbocycles. The minimum Gasteiger partial charge on any atom is -0.324 e. The molecule has 76 valence electrons. The second kappa shape index (κ2) is 6.65. The monoisotopic (exact) mass is 194 g/mol. The van der Waals surface area contributed by atoms with Crippen LogP contribution in [0.2, 0.25) is 0 Å². The molecule has 0 atom stereocenters. The van der Waals surface area contributed by atoms with Gasteiger partial charge >= 0.3 is 11.8 Å². The Bertz CT molecular complexity index is 290. The maximum atomic E-state index is 11.0. The van der Waals surface area contributed by atoms with Crippen LogP contribution in [0.1, 0.15) is 13.8 Å². The third-order valence-corrected chi connectivity index (χ3v) is 1.15. The van der Waals surface area contributed by atoms with E-state index >= 15 is 0 Å². The first-order valence-corrected chi connectivity index (χ1v) is 4.13. The van der Waals surface area contributed by atoms with Crippen LogP contribution in [0.3, 0.4) is 0 Å². The van der Waals surface area contributed by atoms with Crippen LogP contribution < -0.4 is 10.6 Å². The number of amides is 2. The lowest BCUT2D eigenvalue weighted by molar-refractivity contribution is -0.138. The van der Waals surface area contributed by atoms with E-state index in [1.807, 2.05) is 6.92 Å². The van der Waals surface area contributed by atoms with Crippen molar-refractivity contribution in [2.75, 3.05) is 0 Å². The molecule has 2 amide bonds. The molecule has 0 aromatic carbocycles. The Morgan fingerprint density at radius 3 is 2.36 bits per heavy atom. The predicted molar refractivity (Wildman–Crippen MR) is 55.1 cm³/mol. The van der Waals surface area contributed by atoms with Crippen LogP contribution in [0.15, 0.2) is 36.7 Å². The smallest absolute Gasteiger partial charge is 0.313 e. The fourth-order valence-corrected chi connectivity index (χ4v) is 0.607. The van der Waals surface area contributed by atoms with Crippen molar-refractivity contribution in [1.82, 2.24) is 10.6 Å². The van der Waals surface area contributed by atoms with Crippen molar-refractivity contribution in [3.63, 3.8) is 0 Å². The second-order valence-corrected chi connectivity index (χ2v) is 2.59. The first-order valence-electron chi connectivity index (χ1n) is 4.13. The van der Waals surface area contributed by atoms with Crippen LogP contribution in [0.5, 0.6) is 0 Å². The van der Waals surface area contributed by atoms with Gasteiger partial charge < -0.3 is 10.6 Å². The predicted octanol–water partition coefficient (Wildman–Crippen LogP) is 0.842. The van der Waals surface area contributed by atoms with E-state index in [9.17, 15) is 9.59 Å². The number of nitrogens with one attached hydrogen (secondary N) is 2. The Labute approximate surface area is 83.4 Å². The Kier molecular flexibility index (Phi) is 5.78. The number of allylic oxidation sites excluding steroid dienone is 4. The topological polar surface area (TPSA) is 58.2 Å². The Morgan fingerprint density at radius 2 is 1.86 bits per heavy atom. The average molecular weight is 194 g/mol. The summed E-state index contributed by atoms with van der Waals surface area (Å²) in [5.74, 6) is -1.43. The van der Waals surface area contributed by atoms with E-state index in [4.69, 9.17) is 0 Å². The molecular weight excluding hydrogens is 180 g/mol. The summed E-state index contributed by atoms with van der Waals surface area (Å²) < 4.78 is 0. The third-order valence-electron chi connectivity index (χ3n) is 1.15. The summed E-state index contributed by atoms with van der Waals surface area (Å²) in [7, 11) is 0. The van der Waals surface area contributed by atoms with Crippen LogP contribution >= 0.6 is 0 Å². The lowest BCUT2D eigenvalue weighted by Crippen LogP contribution is -2.36. The number of rotatable bonds is 3. The van der Waals surface area contributed by atoms with Crippen molar-refractivity contribution in [3.05, 3.63) is 36.7 Å². The lowest BCUT2D eigenvalue weighted by atomic mass is 10.4. The lowest BCUT2D eigenvalue weighted by Gasteiger charge is -2.01. The van der Waals surface area contributed by atoms with E-state index in [1.165, 1.54) is 6.20 Å². The minimum atomic E-state index is -0.720. The molecule has 0 aromatic heterocycles. The molecule has 0 heterocycles. The summed E-state index contributed by atoms with van der Waals surface area (Å²) >= 11 is 0. The van der Waals surface area contributed by atoms with E-state index < -0.39 is 11.8 Å². The van der Waals surface area contributed by atoms with Gasteiger partial charge in [-0.1, -0.05) is 18.7 Å². The molecular formula is C10H14N2O2. The van der Waals surface area contributed by atoms with Gasteiger partial charge in [0.25, 0.3) is 0 Å². The number of hydrogen-bond acceptors (Lipinski definition) is 2. The van der Waals surface area contributed by atoms with Gasteiger partial charge in [0, 0.05) is 11.9 Å². The molecule has 0 saturated heterocycles. The summed E-state index contributed by atoms with van der Waals surface area (Å²) in [6, 6.07) is 0. The first-order chi connectivity index (χ1) is 6.57. The molecule has 14 heavy (non-hydrogen) atoms.